The zero-order valence-electron chi connectivity index (χ0n) is 8.37. The van der Waals surface area contributed by atoms with Gasteiger partial charge < -0.3 is 9.53 Å². The molecule has 4 atom stereocenters. The smallest absolute Gasteiger partial charge is 0.320 e. The molecule has 1 aliphatic carbocycles. The van der Waals surface area contributed by atoms with E-state index < -0.39 is 22.9 Å². The van der Waals surface area contributed by atoms with Gasteiger partial charge in [-0.1, -0.05) is 6.92 Å². The first kappa shape index (κ1) is 9.37. The van der Waals surface area contributed by atoms with Gasteiger partial charge in [0, 0.05) is 0 Å². The fourth-order valence-electron chi connectivity index (χ4n) is 2.63. The Hall–Kier alpha value is -1.19. The highest BCUT2D eigenvalue weighted by Crippen LogP contribution is 2.58. The lowest BCUT2D eigenvalue weighted by atomic mass is 9.69. The number of fused-ring (bicyclic) bond motifs is 2. The minimum atomic E-state index is -1.27. The Morgan fingerprint density at radius 3 is 2.29 bits per heavy atom. The van der Waals surface area contributed by atoms with Gasteiger partial charge in [-0.15, -0.1) is 0 Å². The van der Waals surface area contributed by atoms with E-state index in [-0.39, 0.29) is 11.7 Å². The summed E-state index contributed by atoms with van der Waals surface area (Å²) in [5.74, 6) is -1.10. The third-order valence-corrected chi connectivity index (χ3v) is 3.92. The summed E-state index contributed by atoms with van der Waals surface area (Å²) in [4.78, 5) is 34.3. The second kappa shape index (κ2) is 2.24. The SMILES string of the molecule is CC1C(=O)C2(C)C(=O)OC1C2(C)C=O. The lowest BCUT2D eigenvalue weighted by molar-refractivity contribution is -0.161. The fourth-order valence-corrected chi connectivity index (χ4v) is 2.63. The van der Waals surface area contributed by atoms with Crippen LogP contribution in [0.5, 0.6) is 0 Å². The van der Waals surface area contributed by atoms with Gasteiger partial charge in [0.2, 0.25) is 0 Å². The van der Waals surface area contributed by atoms with Gasteiger partial charge in [-0.3, -0.25) is 9.59 Å². The first-order valence-corrected chi connectivity index (χ1v) is 4.61. The summed E-state index contributed by atoms with van der Waals surface area (Å²) < 4.78 is 5.06. The van der Waals surface area contributed by atoms with E-state index >= 15 is 0 Å². The Bertz CT molecular complexity index is 348. The van der Waals surface area contributed by atoms with Crippen LogP contribution >= 0.6 is 0 Å². The van der Waals surface area contributed by atoms with Gasteiger partial charge in [0.05, 0.1) is 11.3 Å². The molecular weight excluding hydrogens is 184 g/mol. The average Bonchev–Trinajstić information content (AvgIpc) is 2.44. The molecule has 1 heterocycles. The maximum Gasteiger partial charge on any atom is 0.320 e. The Labute approximate surface area is 81.6 Å². The van der Waals surface area contributed by atoms with Crippen molar-refractivity contribution >= 4 is 18.0 Å². The maximum atomic E-state index is 11.8. The van der Waals surface area contributed by atoms with Crippen LogP contribution < -0.4 is 0 Å². The van der Waals surface area contributed by atoms with Gasteiger partial charge in [-0.2, -0.15) is 0 Å². The number of hydrogen-bond acceptors (Lipinski definition) is 4. The van der Waals surface area contributed by atoms with E-state index in [1.807, 2.05) is 0 Å². The van der Waals surface area contributed by atoms with Crippen molar-refractivity contribution < 1.29 is 19.1 Å². The second-order valence-electron chi connectivity index (χ2n) is 4.50. The van der Waals surface area contributed by atoms with Crippen LogP contribution in [0.25, 0.3) is 0 Å². The first-order chi connectivity index (χ1) is 6.39. The summed E-state index contributed by atoms with van der Waals surface area (Å²) in [6.45, 7) is 4.83. The molecular formula is C10H12O4. The van der Waals surface area contributed by atoms with E-state index in [1.54, 1.807) is 13.8 Å². The molecule has 0 amide bonds. The standard InChI is InChI=1S/C10H12O4/c1-5-6(12)10(3)8(13)14-7(5)9(10,2)4-11/h4-5,7H,1-3H3. The molecule has 0 aromatic rings. The van der Waals surface area contributed by atoms with Crippen LogP contribution in [0.4, 0.5) is 0 Å². The van der Waals surface area contributed by atoms with Crippen molar-refractivity contribution in [3.63, 3.8) is 0 Å². The van der Waals surface area contributed by atoms with Gasteiger partial charge in [0.15, 0.2) is 5.78 Å². The van der Waals surface area contributed by atoms with E-state index in [0.29, 0.717) is 6.29 Å². The Morgan fingerprint density at radius 1 is 1.36 bits per heavy atom. The number of ketones is 1. The van der Waals surface area contributed by atoms with E-state index in [1.165, 1.54) is 6.92 Å². The second-order valence-corrected chi connectivity index (χ2v) is 4.50. The van der Waals surface area contributed by atoms with Crippen LogP contribution in [0.1, 0.15) is 20.8 Å². The van der Waals surface area contributed by atoms with Crippen LogP contribution in [-0.4, -0.2) is 24.1 Å². The predicted octanol–water partition coefficient (Wildman–Crippen LogP) is 0.342. The van der Waals surface area contributed by atoms with Gasteiger partial charge in [-0.25, -0.2) is 0 Å². The molecule has 0 aromatic carbocycles. The summed E-state index contributed by atoms with van der Waals surface area (Å²) in [6.07, 6.45) is 0.106. The highest BCUT2D eigenvalue weighted by atomic mass is 16.6. The number of rotatable bonds is 1. The molecule has 2 fully saturated rings. The number of carbonyl (C=O) groups is 3. The predicted molar refractivity (Wildman–Crippen MR) is 46.3 cm³/mol. The molecule has 2 bridgehead atoms. The van der Waals surface area contributed by atoms with E-state index in [0.717, 1.165) is 0 Å². The summed E-state index contributed by atoms with van der Waals surface area (Å²) in [5.41, 5.74) is -2.25. The molecule has 4 heteroatoms. The van der Waals surface area contributed by atoms with Crippen LogP contribution in [0, 0.1) is 16.7 Å². The Kier molecular flexibility index (Phi) is 1.50. The fraction of sp³-hybridized carbons (Fsp3) is 0.700. The third kappa shape index (κ3) is 0.625. The molecule has 1 saturated carbocycles. The molecule has 4 nitrogen and oxygen atoms in total. The van der Waals surface area contributed by atoms with Crippen molar-refractivity contribution in [1.29, 1.82) is 0 Å². The largest absolute Gasteiger partial charge is 0.460 e. The minimum Gasteiger partial charge on any atom is -0.460 e. The topological polar surface area (TPSA) is 60.4 Å². The summed E-state index contributed by atoms with van der Waals surface area (Å²) in [5, 5.41) is 0. The normalized spacial score (nSPS) is 50.8. The van der Waals surface area contributed by atoms with Gasteiger partial charge in [0.25, 0.3) is 0 Å². The summed E-state index contributed by atoms with van der Waals surface area (Å²) in [6, 6.07) is 0. The molecule has 2 aliphatic rings. The minimum absolute atomic E-state index is 0.173. The molecule has 0 spiro atoms. The molecule has 76 valence electrons. The molecule has 2 rings (SSSR count). The van der Waals surface area contributed by atoms with Gasteiger partial charge >= 0.3 is 5.97 Å². The Morgan fingerprint density at radius 2 is 1.93 bits per heavy atom. The monoisotopic (exact) mass is 196 g/mol. The highest BCUT2D eigenvalue weighted by Gasteiger charge is 2.74. The van der Waals surface area contributed by atoms with Crippen molar-refractivity contribution in [3.05, 3.63) is 0 Å². The van der Waals surface area contributed by atoms with Gasteiger partial charge in [-0.05, 0) is 13.8 Å². The zero-order valence-corrected chi connectivity index (χ0v) is 8.37. The van der Waals surface area contributed by atoms with Crippen molar-refractivity contribution in [3.8, 4) is 0 Å². The summed E-state index contributed by atoms with van der Waals surface area (Å²) in [7, 11) is 0. The van der Waals surface area contributed by atoms with Crippen molar-refractivity contribution in [1.82, 2.24) is 0 Å². The van der Waals surface area contributed by atoms with Crippen molar-refractivity contribution in [2.75, 3.05) is 0 Å². The lowest BCUT2D eigenvalue weighted by Crippen LogP contribution is -2.42. The highest BCUT2D eigenvalue weighted by molar-refractivity contribution is 6.13. The van der Waals surface area contributed by atoms with Crippen LogP contribution in [0.3, 0.4) is 0 Å². The Balaban J connectivity index is 2.65. The van der Waals surface area contributed by atoms with Gasteiger partial charge in [0.1, 0.15) is 17.8 Å². The van der Waals surface area contributed by atoms with Crippen molar-refractivity contribution in [2.24, 2.45) is 16.7 Å². The number of hydrogen-bond donors (Lipinski definition) is 0. The van der Waals surface area contributed by atoms with E-state index in [9.17, 15) is 14.4 Å². The van der Waals surface area contributed by atoms with Crippen LogP contribution in [-0.2, 0) is 19.1 Å². The lowest BCUT2D eigenvalue weighted by Gasteiger charge is -2.24. The number of esters is 1. The number of ether oxygens (including phenoxy) is 1. The first-order valence-electron chi connectivity index (χ1n) is 4.61. The van der Waals surface area contributed by atoms with E-state index in [4.69, 9.17) is 4.74 Å². The number of Topliss-reactive ketones (excluding diaryl/α,β-unsaturated/α-hetero) is 1. The molecule has 1 aliphatic heterocycles. The maximum absolute atomic E-state index is 11.8. The quantitative estimate of drug-likeness (QED) is 0.345. The molecule has 0 aromatic heterocycles. The zero-order chi connectivity index (χ0) is 10.7. The van der Waals surface area contributed by atoms with Crippen molar-refractivity contribution in [2.45, 2.75) is 26.9 Å². The third-order valence-electron chi connectivity index (χ3n) is 3.92. The number of aldehydes is 1. The number of carbonyl (C=O) groups excluding carboxylic acids is 3. The molecule has 4 unspecified atom stereocenters. The summed E-state index contributed by atoms with van der Waals surface area (Å²) >= 11 is 0. The molecule has 1 saturated heterocycles. The molecule has 14 heavy (non-hydrogen) atoms. The van der Waals surface area contributed by atoms with Crippen LogP contribution in [0.2, 0.25) is 0 Å². The van der Waals surface area contributed by atoms with E-state index in [2.05, 4.69) is 0 Å². The molecule has 0 N–H and O–H groups in total. The van der Waals surface area contributed by atoms with Crippen LogP contribution in [0.15, 0.2) is 0 Å². The average molecular weight is 196 g/mol. The molecule has 0 radical (unpaired) electrons.